The molecule has 0 aliphatic rings. The summed E-state index contributed by atoms with van der Waals surface area (Å²) >= 11 is 0. The first-order valence-corrected chi connectivity index (χ1v) is 6.38. The lowest BCUT2D eigenvalue weighted by atomic mass is 10.2. The van der Waals surface area contributed by atoms with E-state index in [9.17, 15) is 14.9 Å². The van der Waals surface area contributed by atoms with E-state index in [4.69, 9.17) is 10.00 Å². The van der Waals surface area contributed by atoms with E-state index in [1.165, 1.54) is 17.2 Å². The molecule has 0 aromatic carbocycles. The number of anilines is 1. The van der Waals surface area contributed by atoms with Gasteiger partial charge in [-0.3, -0.25) is 14.9 Å². The number of aromatic nitrogens is 1. The molecule has 0 saturated heterocycles. The second-order valence-electron chi connectivity index (χ2n) is 4.43. The van der Waals surface area contributed by atoms with E-state index >= 15 is 0 Å². The van der Waals surface area contributed by atoms with Gasteiger partial charge in [0.25, 0.3) is 0 Å². The zero-order valence-electron chi connectivity index (χ0n) is 12.1. The van der Waals surface area contributed by atoms with Crippen molar-refractivity contribution in [2.24, 2.45) is 0 Å². The van der Waals surface area contributed by atoms with Gasteiger partial charge in [0.1, 0.15) is 18.2 Å². The van der Waals surface area contributed by atoms with Crippen molar-refractivity contribution in [1.82, 2.24) is 4.98 Å². The molecule has 21 heavy (non-hydrogen) atoms. The lowest BCUT2D eigenvalue weighted by molar-refractivity contribution is -0.384. The molecule has 8 heteroatoms. The van der Waals surface area contributed by atoms with Crippen molar-refractivity contribution in [3.05, 3.63) is 27.9 Å². The van der Waals surface area contributed by atoms with Crippen LogP contribution in [0.1, 0.15) is 26.3 Å². The van der Waals surface area contributed by atoms with Crippen LogP contribution in [0.15, 0.2) is 12.3 Å². The molecule has 0 saturated carbocycles. The van der Waals surface area contributed by atoms with Crippen LogP contribution in [0.5, 0.6) is 0 Å². The van der Waals surface area contributed by atoms with Gasteiger partial charge >= 0.3 is 11.7 Å². The first-order chi connectivity index (χ1) is 9.92. The Balaban J connectivity index is 3.29. The van der Waals surface area contributed by atoms with Crippen LogP contribution in [0.4, 0.5) is 11.5 Å². The van der Waals surface area contributed by atoms with Crippen molar-refractivity contribution < 1.29 is 14.5 Å². The minimum absolute atomic E-state index is 0.0119. The lowest BCUT2D eigenvalue weighted by Gasteiger charge is -2.26. The van der Waals surface area contributed by atoms with Gasteiger partial charge in [-0.15, -0.1) is 0 Å². The summed E-state index contributed by atoms with van der Waals surface area (Å²) in [5.74, 6) is -0.522. The summed E-state index contributed by atoms with van der Waals surface area (Å²) in [5, 5.41) is 20.2. The average Bonchev–Trinajstić information content (AvgIpc) is 2.43. The predicted molar refractivity (Wildman–Crippen MR) is 74.7 cm³/mol. The van der Waals surface area contributed by atoms with Crippen LogP contribution in [0, 0.1) is 21.4 Å². The highest BCUT2D eigenvalue weighted by Crippen LogP contribution is 2.30. The second-order valence-corrected chi connectivity index (χ2v) is 4.43. The van der Waals surface area contributed by atoms with E-state index < -0.39 is 16.6 Å². The summed E-state index contributed by atoms with van der Waals surface area (Å²) in [6.07, 6.45) is 1.31. The maximum Gasteiger partial charge on any atom is 0.329 e. The molecule has 8 nitrogen and oxygen atoms in total. The minimum Gasteiger partial charge on any atom is -0.465 e. The Hall–Kier alpha value is -2.69. The molecule has 0 aliphatic heterocycles. The first kappa shape index (κ1) is 16.4. The normalized spacial score (nSPS) is 10.0. The van der Waals surface area contributed by atoms with Crippen molar-refractivity contribution in [3.8, 4) is 6.07 Å². The Kier molecular flexibility index (Phi) is 5.60. The van der Waals surface area contributed by atoms with Crippen LogP contribution in [-0.2, 0) is 9.53 Å². The number of rotatable bonds is 6. The number of esters is 1. The number of carbonyl (C=O) groups excluding carboxylic acids is 1. The number of pyridine rings is 1. The number of hydrogen-bond acceptors (Lipinski definition) is 7. The summed E-state index contributed by atoms with van der Waals surface area (Å²) in [4.78, 5) is 27.6. The highest BCUT2D eigenvalue weighted by Gasteiger charge is 2.28. The molecule has 1 aromatic rings. The second kappa shape index (κ2) is 7.19. The number of ether oxygens (including phenoxy) is 1. The monoisotopic (exact) mass is 292 g/mol. The van der Waals surface area contributed by atoms with Gasteiger partial charge in [-0.05, 0) is 26.8 Å². The van der Waals surface area contributed by atoms with Gasteiger partial charge in [0.15, 0.2) is 0 Å². The topological polar surface area (TPSA) is 109 Å². The van der Waals surface area contributed by atoms with E-state index in [1.54, 1.807) is 26.8 Å². The number of nitriles is 1. The quantitative estimate of drug-likeness (QED) is 0.445. The average molecular weight is 292 g/mol. The number of nitrogens with zero attached hydrogens (tertiary/aromatic N) is 4. The van der Waals surface area contributed by atoms with E-state index in [0.29, 0.717) is 0 Å². The fourth-order valence-electron chi connectivity index (χ4n) is 1.77. The van der Waals surface area contributed by atoms with E-state index in [2.05, 4.69) is 4.98 Å². The fraction of sp³-hybridized carbons (Fsp3) is 0.462. The Labute approximate surface area is 122 Å². The first-order valence-electron chi connectivity index (χ1n) is 6.38. The smallest absolute Gasteiger partial charge is 0.329 e. The summed E-state index contributed by atoms with van der Waals surface area (Å²) in [6, 6.07) is 2.81. The standard InChI is InChI=1S/C13H16N4O4/c1-4-21-11(18)8-16(9(2)3)13-12(17(19)20)10(7-14)5-6-15-13/h5-6,9H,4,8H2,1-3H3. The van der Waals surface area contributed by atoms with Crippen LogP contribution in [0.3, 0.4) is 0 Å². The van der Waals surface area contributed by atoms with E-state index in [1.807, 2.05) is 0 Å². The Morgan fingerprint density at radius 3 is 2.76 bits per heavy atom. The third-order valence-corrected chi connectivity index (χ3v) is 2.71. The maximum absolute atomic E-state index is 11.6. The van der Waals surface area contributed by atoms with Gasteiger partial charge in [-0.1, -0.05) is 0 Å². The van der Waals surface area contributed by atoms with Crippen molar-refractivity contribution in [3.63, 3.8) is 0 Å². The zero-order chi connectivity index (χ0) is 16.0. The van der Waals surface area contributed by atoms with E-state index in [-0.39, 0.29) is 30.6 Å². The van der Waals surface area contributed by atoms with Crippen LogP contribution in [-0.4, -0.2) is 35.1 Å². The summed E-state index contributed by atoms with van der Waals surface area (Å²) in [7, 11) is 0. The largest absolute Gasteiger partial charge is 0.465 e. The third-order valence-electron chi connectivity index (χ3n) is 2.71. The third kappa shape index (κ3) is 3.89. The molecule has 0 atom stereocenters. The van der Waals surface area contributed by atoms with Crippen LogP contribution >= 0.6 is 0 Å². The zero-order valence-corrected chi connectivity index (χ0v) is 12.1. The van der Waals surface area contributed by atoms with Crippen molar-refractivity contribution in [2.45, 2.75) is 26.8 Å². The SMILES string of the molecule is CCOC(=O)CN(c1nccc(C#N)c1[N+](=O)[O-])C(C)C. The summed E-state index contributed by atoms with van der Waals surface area (Å²) < 4.78 is 4.86. The predicted octanol–water partition coefficient (Wildman–Crippen LogP) is 1.64. The summed E-state index contributed by atoms with van der Waals surface area (Å²) in [6.45, 7) is 5.26. The minimum atomic E-state index is -0.665. The molecular formula is C13H16N4O4. The molecule has 0 aliphatic carbocycles. The van der Waals surface area contributed by atoms with Gasteiger partial charge in [0, 0.05) is 12.2 Å². The van der Waals surface area contributed by atoms with Gasteiger partial charge in [-0.2, -0.15) is 5.26 Å². The van der Waals surface area contributed by atoms with Crippen molar-refractivity contribution in [1.29, 1.82) is 5.26 Å². The number of carbonyl (C=O) groups is 1. The lowest BCUT2D eigenvalue weighted by Crippen LogP contribution is -2.37. The number of hydrogen-bond donors (Lipinski definition) is 0. The molecule has 0 radical (unpaired) electrons. The van der Waals surface area contributed by atoms with Gasteiger partial charge in [-0.25, -0.2) is 4.98 Å². The molecule has 0 unspecified atom stereocenters. The molecule has 0 spiro atoms. The highest BCUT2D eigenvalue weighted by molar-refractivity contribution is 5.78. The van der Waals surface area contributed by atoms with E-state index in [0.717, 1.165) is 0 Å². The molecule has 1 aromatic heterocycles. The molecule has 0 N–H and O–H groups in total. The van der Waals surface area contributed by atoms with Crippen molar-refractivity contribution in [2.75, 3.05) is 18.1 Å². The molecule has 0 fully saturated rings. The molecule has 1 rings (SSSR count). The van der Waals surface area contributed by atoms with Gasteiger partial charge < -0.3 is 9.64 Å². The Bertz CT molecular complexity index is 580. The highest BCUT2D eigenvalue weighted by atomic mass is 16.6. The number of nitro groups is 1. The molecule has 112 valence electrons. The fourth-order valence-corrected chi connectivity index (χ4v) is 1.77. The maximum atomic E-state index is 11.6. The van der Waals surface area contributed by atoms with Crippen LogP contribution in [0.2, 0.25) is 0 Å². The van der Waals surface area contributed by atoms with Crippen LogP contribution in [0.25, 0.3) is 0 Å². The summed E-state index contributed by atoms with van der Waals surface area (Å²) in [5.41, 5.74) is -0.502. The molecule has 0 amide bonds. The Morgan fingerprint density at radius 1 is 1.62 bits per heavy atom. The van der Waals surface area contributed by atoms with Crippen molar-refractivity contribution >= 4 is 17.5 Å². The van der Waals surface area contributed by atoms with Gasteiger partial charge in [0.05, 0.1) is 11.5 Å². The molecule has 1 heterocycles. The van der Waals surface area contributed by atoms with Crippen LogP contribution < -0.4 is 4.90 Å². The van der Waals surface area contributed by atoms with Gasteiger partial charge in [0.2, 0.25) is 5.82 Å². The molecule has 0 bridgehead atoms. The molecular weight excluding hydrogens is 276 g/mol. The Morgan fingerprint density at radius 2 is 2.29 bits per heavy atom.